The van der Waals surface area contributed by atoms with Crippen molar-refractivity contribution in [1.82, 2.24) is 45.2 Å². The van der Waals surface area contributed by atoms with Crippen LogP contribution >= 0.6 is 0 Å². The quantitative estimate of drug-likeness (QED) is 0.382. The van der Waals surface area contributed by atoms with Crippen LogP contribution in [0.25, 0.3) is 5.82 Å². The third-order valence-corrected chi connectivity index (χ3v) is 6.30. The number of nitrogens with one attached hydrogen (secondary N) is 2. The zero-order valence-corrected chi connectivity index (χ0v) is 20.2. The number of amides is 1. The molecule has 186 valence electrons. The van der Waals surface area contributed by atoms with Gasteiger partial charge in [0, 0.05) is 30.1 Å². The van der Waals surface area contributed by atoms with Crippen molar-refractivity contribution in [3.63, 3.8) is 0 Å². The molecule has 0 unspecified atom stereocenters. The van der Waals surface area contributed by atoms with E-state index in [0.29, 0.717) is 36.6 Å². The van der Waals surface area contributed by atoms with E-state index in [9.17, 15) is 9.18 Å². The van der Waals surface area contributed by atoms with Crippen LogP contribution in [0.4, 0.5) is 4.39 Å². The Kier molecular flexibility index (Phi) is 6.27. The molecule has 4 aromatic rings. The predicted octanol–water partition coefficient (Wildman–Crippen LogP) is 2.10. The third kappa shape index (κ3) is 4.85. The van der Waals surface area contributed by atoms with E-state index in [2.05, 4.69) is 35.6 Å². The molecule has 0 saturated heterocycles. The lowest BCUT2D eigenvalue weighted by atomic mass is 9.68. The highest BCUT2D eigenvalue weighted by Gasteiger charge is 2.51. The molecule has 0 bridgehead atoms. The Balaban J connectivity index is 1.20. The molecule has 1 saturated carbocycles. The fourth-order valence-corrected chi connectivity index (χ4v) is 4.38. The molecule has 0 aliphatic heterocycles. The van der Waals surface area contributed by atoms with Gasteiger partial charge < -0.3 is 10.1 Å². The fourth-order valence-electron chi connectivity index (χ4n) is 4.38. The lowest BCUT2D eigenvalue weighted by molar-refractivity contribution is -0.157. The van der Waals surface area contributed by atoms with Gasteiger partial charge in [-0.2, -0.15) is 10.2 Å². The van der Waals surface area contributed by atoms with Gasteiger partial charge in [-0.15, -0.1) is 0 Å². The number of ether oxygens (including phenoxy) is 1. The summed E-state index contributed by atoms with van der Waals surface area (Å²) >= 11 is 0. The van der Waals surface area contributed by atoms with Crippen LogP contribution in [0, 0.1) is 19.7 Å². The molecule has 1 aliphatic rings. The van der Waals surface area contributed by atoms with Gasteiger partial charge in [-0.25, -0.2) is 24.0 Å². The van der Waals surface area contributed by atoms with Gasteiger partial charge in [-0.1, -0.05) is 0 Å². The Hall–Kier alpha value is -4.06. The van der Waals surface area contributed by atoms with Gasteiger partial charge in [0.05, 0.1) is 49.1 Å². The van der Waals surface area contributed by atoms with Gasteiger partial charge in [-0.3, -0.25) is 14.9 Å². The van der Waals surface area contributed by atoms with Crippen molar-refractivity contribution in [2.45, 2.75) is 51.2 Å². The fraction of sp³-hybridized carbons (Fsp3) is 0.375. The minimum Gasteiger partial charge on any atom is -0.368 e. The molecule has 1 amide bonds. The first-order valence-corrected chi connectivity index (χ1v) is 11.5. The SMILES string of the molecule is COC1(C(=O)NCc2cnc(-n3cc(F)cn3)cn2)CC(c2cc(C)nc(Cc3cc(C)[nH]n3)n2)C1. The number of methoxy groups -OCH3 is 1. The van der Waals surface area contributed by atoms with Crippen LogP contribution in [-0.4, -0.2) is 58.5 Å². The number of halogens is 1. The molecule has 11 nitrogen and oxygen atoms in total. The van der Waals surface area contributed by atoms with E-state index in [0.717, 1.165) is 29.0 Å². The van der Waals surface area contributed by atoms with E-state index >= 15 is 0 Å². The summed E-state index contributed by atoms with van der Waals surface area (Å²) in [6, 6.07) is 3.94. The lowest BCUT2D eigenvalue weighted by Gasteiger charge is -2.44. The highest BCUT2D eigenvalue weighted by Crippen LogP contribution is 2.46. The molecule has 1 aliphatic carbocycles. The summed E-state index contributed by atoms with van der Waals surface area (Å²) < 4.78 is 20.1. The Morgan fingerprint density at radius 2 is 2.03 bits per heavy atom. The van der Waals surface area contributed by atoms with E-state index in [4.69, 9.17) is 9.72 Å². The first-order valence-electron chi connectivity index (χ1n) is 11.5. The Labute approximate surface area is 206 Å². The van der Waals surface area contributed by atoms with Crippen molar-refractivity contribution in [2.75, 3.05) is 7.11 Å². The van der Waals surface area contributed by atoms with Crippen LogP contribution in [0.1, 0.15) is 53.1 Å². The van der Waals surface area contributed by atoms with Crippen molar-refractivity contribution >= 4 is 5.91 Å². The zero-order valence-electron chi connectivity index (χ0n) is 20.2. The maximum absolute atomic E-state index is 13.1. The lowest BCUT2D eigenvalue weighted by Crippen LogP contribution is -2.56. The highest BCUT2D eigenvalue weighted by molar-refractivity contribution is 5.86. The van der Waals surface area contributed by atoms with Crippen molar-refractivity contribution in [3.8, 4) is 5.82 Å². The third-order valence-electron chi connectivity index (χ3n) is 6.30. The second-order valence-electron chi connectivity index (χ2n) is 9.02. The molecule has 0 aromatic carbocycles. The number of nitrogens with zero attached hydrogens (tertiary/aromatic N) is 7. The normalized spacial score (nSPS) is 19.2. The summed E-state index contributed by atoms with van der Waals surface area (Å²) in [5.41, 5.74) is 3.29. The predicted molar refractivity (Wildman–Crippen MR) is 126 cm³/mol. The van der Waals surface area contributed by atoms with Gasteiger partial charge in [0.2, 0.25) is 0 Å². The topological polar surface area (TPSA) is 136 Å². The molecule has 12 heteroatoms. The summed E-state index contributed by atoms with van der Waals surface area (Å²) in [6.45, 7) is 4.08. The number of aryl methyl sites for hydroxylation is 2. The van der Waals surface area contributed by atoms with Crippen LogP contribution in [-0.2, 0) is 22.5 Å². The average molecular weight is 492 g/mol. The first kappa shape index (κ1) is 23.7. The number of carbonyl (C=O) groups excluding carboxylic acids is 1. The van der Waals surface area contributed by atoms with Crippen LogP contribution in [0.5, 0.6) is 0 Å². The molecule has 0 atom stereocenters. The van der Waals surface area contributed by atoms with E-state index in [-0.39, 0.29) is 18.4 Å². The van der Waals surface area contributed by atoms with Crippen LogP contribution in [0.15, 0.2) is 36.9 Å². The summed E-state index contributed by atoms with van der Waals surface area (Å²) in [6.07, 6.45) is 6.86. The molecule has 4 heterocycles. The van der Waals surface area contributed by atoms with E-state index < -0.39 is 11.4 Å². The van der Waals surface area contributed by atoms with E-state index in [1.165, 1.54) is 23.3 Å². The van der Waals surface area contributed by atoms with Crippen molar-refractivity contribution in [3.05, 3.63) is 77.0 Å². The van der Waals surface area contributed by atoms with E-state index in [1.807, 2.05) is 26.0 Å². The number of aromatic nitrogens is 8. The van der Waals surface area contributed by atoms with Crippen molar-refractivity contribution < 1.29 is 13.9 Å². The minimum atomic E-state index is -0.928. The number of aromatic amines is 1. The van der Waals surface area contributed by atoms with Crippen LogP contribution in [0.3, 0.4) is 0 Å². The number of rotatable bonds is 8. The average Bonchev–Trinajstić information content (AvgIpc) is 3.45. The van der Waals surface area contributed by atoms with Gasteiger partial charge in [-0.05, 0) is 38.8 Å². The first-order chi connectivity index (χ1) is 17.3. The molecule has 4 aromatic heterocycles. The number of carbonyl (C=O) groups is 1. The van der Waals surface area contributed by atoms with Crippen LogP contribution < -0.4 is 5.32 Å². The second-order valence-corrected chi connectivity index (χ2v) is 9.02. The summed E-state index contributed by atoms with van der Waals surface area (Å²) in [7, 11) is 1.55. The van der Waals surface area contributed by atoms with Crippen LogP contribution in [0.2, 0.25) is 0 Å². The highest BCUT2D eigenvalue weighted by atomic mass is 19.1. The van der Waals surface area contributed by atoms with Gasteiger partial charge >= 0.3 is 0 Å². The van der Waals surface area contributed by atoms with Crippen molar-refractivity contribution in [2.24, 2.45) is 0 Å². The van der Waals surface area contributed by atoms with Gasteiger partial charge in [0.1, 0.15) is 11.4 Å². The molecule has 0 radical (unpaired) electrons. The molecule has 1 fully saturated rings. The largest absolute Gasteiger partial charge is 0.368 e. The maximum atomic E-state index is 13.1. The molecular weight excluding hydrogens is 465 g/mol. The number of hydrogen-bond donors (Lipinski definition) is 2. The Morgan fingerprint density at radius 3 is 2.67 bits per heavy atom. The van der Waals surface area contributed by atoms with Crippen molar-refractivity contribution in [1.29, 1.82) is 0 Å². The monoisotopic (exact) mass is 491 g/mol. The molecule has 36 heavy (non-hydrogen) atoms. The molecule has 5 rings (SSSR count). The Morgan fingerprint density at radius 1 is 1.19 bits per heavy atom. The standard InChI is InChI=1S/C24H26FN9O2/c1-14-5-20(31-21(30-14)6-18-4-15(2)32-33-18)16-7-24(8-16,36-3)23(35)28-11-19-10-27-22(12-26-19)34-13-17(25)9-29-34/h4-5,9-10,12-13,16H,6-8,11H2,1-3H3,(H,28,35)(H,32,33). The second kappa shape index (κ2) is 9.53. The maximum Gasteiger partial charge on any atom is 0.252 e. The molecule has 2 N–H and O–H groups in total. The van der Waals surface area contributed by atoms with Gasteiger partial charge in [0.25, 0.3) is 5.91 Å². The number of hydrogen-bond acceptors (Lipinski definition) is 8. The zero-order chi connectivity index (χ0) is 25.3. The summed E-state index contributed by atoms with van der Waals surface area (Å²) in [4.78, 5) is 30.8. The molecule has 0 spiro atoms. The Bertz CT molecular complexity index is 1380. The minimum absolute atomic E-state index is 0.0885. The van der Waals surface area contributed by atoms with E-state index in [1.54, 1.807) is 7.11 Å². The molecular formula is C24H26FN9O2. The smallest absolute Gasteiger partial charge is 0.252 e. The summed E-state index contributed by atoms with van der Waals surface area (Å²) in [5, 5.41) is 14.0. The van der Waals surface area contributed by atoms with Gasteiger partial charge in [0.15, 0.2) is 11.6 Å². The number of H-pyrrole nitrogens is 1. The summed E-state index contributed by atoms with van der Waals surface area (Å²) in [5.74, 6) is 0.504.